The average molecular weight is 472 g/mol. The SMILES string of the molecule is Cc1ccc(N2C(=O)[C@@H]3[C@@H](C2=O)C2c4ccccc4C3(C=O)c3ccccc32)c(Br)c1. The summed E-state index contributed by atoms with van der Waals surface area (Å²) in [6.07, 6.45) is 0.899. The molecule has 0 aromatic heterocycles. The molecule has 0 saturated carbocycles. The van der Waals surface area contributed by atoms with Crippen LogP contribution in [0.1, 0.15) is 33.7 Å². The smallest absolute Gasteiger partial charge is 0.239 e. The number of benzene rings is 3. The monoisotopic (exact) mass is 471 g/mol. The Labute approximate surface area is 188 Å². The zero-order valence-electron chi connectivity index (χ0n) is 16.7. The number of amides is 2. The molecular formula is C26H18BrNO3. The first-order chi connectivity index (χ1) is 15.0. The minimum absolute atomic E-state index is 0.236. The van der Waals surface area contributed by atoms with Crippen molar-refractivity contribution in [2.75, 3.05) is 4.90 Å². The summed E-state index contributed by atoms with van der Waals surface area (Å²) >= 11 is 3.53. The number of nitrogens with zero attached hydrogens (tertiary/aromatic N) is 1. The Kier molecular flexibility index (Phi) is 3.76. The van der Waals surface area contributed by atoms with Crippen molar-refractivity contribution in [2.24, 2.45) is 11.8 Å². The molecule has 4 nitrogen and oxygen atoms in total. The van der Waals surface area contributed by atoms with Gasteiger partial charge in [-0.1, -0.05) is 54.6 Å². The minimum Gasteiger partial charge on any atom is -0.302 e. The maximum atomic E-state index is 13.9. The van der Waals surface area contributed by atoms with Crippen molar-refractivity contribution >= 4 is 39.7 Å². The second kappa shape index (κ2) is 6.24. The molecule has 0 spiro atoms. The predicted octanol–water partition coefficient (Wildman–Crippen LogP) is 4.51. The summed E-state index contributed by atoms with van der Waals surface area (Å²) in [5.74, 6) is -2.14. The molecule has 2 atom stereocenters. The maximum absolute atomic E-state index is 13.9. The molecule has 152 valence electrons. The highest BCUT2D eigenvalue weighted by molar-refractivity contribution is 9.10. The molecule has 1 saturated heterocycles. The van der Waals surface area contributed by atoms with Gasteiger partial charge in [-0.3, -0.25) is 9.59 Å². The molecule has 2 bridgehead atoms. The molecule has 0 unspecified atom stereocenters. The van der Waals surface area contributed by atoms with Crippen LogP contribution in [0, 0.1) is 18.8 Å². The van der Waals surface area contributed by atoms with E-state index in [1.807, 2.05) is 67.6 Å². The maximum Gasteiger partial charge on any atom is 0.239 e. The Morgan fingerprint density at radius 1 is 0.903 bits per heavy atom. The van der Waals surface area contributed by atoms with Crippen molar-refractivity contribution in [1.29, 1.82) is 0 Å². The number of carbonyl (C=O) groups is 3. The van der Waals surface area contributed by atoms with E-state index in [9.17, 15) is 14.4 Å². The zero-order chi connectivity index (χ0) is 21.5. The highest BCUT2D eigenvalue weighted by Gasteiger charge is 2.68. The van der Waals surface area contributed by atoms with Gasteiger partial charge in [-0.25, -0.2) is 4.90 Å². The topological polar surface area (TPSA) is 54.5 Å². The Hall–Kier alpha value is -3.05. The largest absolute Gasteiger partial charge is 0.302 e. The van der Waals surface area contributed by atoms with Crippen LogP contribution in [-0.2, 0) is 19.8 Å². The standard InChI is InChI=1S/C26H18BrNO3/c1-14-10-11-20(19(27)12-14)28-24(30)22-21-15-6-2-4-8-17(15)26(13-29,23(22)25(28)31)18-9-5-3-7-16(18)21/h2-13,21-23H,1H3/t21?,22-,23-,26?/m0/s1. The minimum atomic E-state index is -1.16. The fraction of sp³-hybridized carbons (Fsp3) is 0.192. The van der Waals surface area contributed by atoms with E-state index < -0.39 is 17.3 Å². The van der Waals surface area contributed by atoms with Gasteiger partial charge >= 0.3 is 0 Å². The molecule has 1 fully saturated rings. The molecule has 1 aliphatic heterocycles. The van der Waals surface area contributed by atoms with Gasteiger partial charge in [-0.15, -0.1) is 0 Å². The van der Waals surface area contributed by atoms with Crippen LogP contribution in [0.4, 0.5) is 5.69 Å². The molecule has 7 rings (SSSR count). The van der Waals surface area contributed by atoms with Gasteiger partial charge in [0.15, 0.2) is 0 Å². The van der Waals surface area contributed by atoms with Gasteiger partial charge in [0.25, 0.3) is 0 Å². The van der Waals surface area contributed by atoms with Crippen molar-refractivity contribution in [2.45, 2.75) is 18.3 Å². The van der Waals surface area contributed by atoms with Crippen LogP contribution in [-0.4, -0.2) is 18.1 Å². The van der Waals surface area contributed by atoms with E-state index in [2.05, 4.69) is 15.9 Å². The van der Waals surface area contributed by atoms with Gasteiger partial charge in [0.2, 0.25) is 11.8 Å². The quantitative estimate of drug-likeness (QED) is 0.408. The lowest BCUT2D eigenvalue weighted by atomic mass is 9.48. The van der Waals surface area contributed by atoms with Crippen molar-refractivity contribution in [3.63, 3.8) is 0 Å². The number of halogens is 1. The van der Waals surface area contributed by atoms with E-state index in [0.717, 1.165) is 34.1 Å². The molecule has 3 aliphatic carbocycles. The van der Waals surface area contributed by atoms with Crippen LogP contribution in [0.2, 0.25) is 0 Å². The first-order valence-corrected chi connectivity index (χ1v) is 11.1. The summed E-state index contributed by atoms with van der Waals surface area (Å²) in [7, 11) is 0. The highest BCUT2D eigenvalue weighted by Crippen LogP contribution is 2.63. The average Bonchev–Trinajstić information content (AvgIpc) is 3.05. The third-order valence-corrected chi connectivity index (χ3v) is 7.85. The lowest BCUT2D eigenvalue weighted by Crippen LogP contribution is -2.54. The van der Waals surface area contributed by atoms with E-state index in [1.165, 1.54) is 4.90 Å². The van der Waals surface area contributed by atoms with Gasteiger partial charge in [0, 0.05) is 10.4 Å². The molecular weight excluding hydrogens is 454 g/mol. The third kappa shape index (κ3) is 2.12. The first-order valence-electron chi connectivity index (χ1n) is 10.3. The number of hydrogen-bond acceptors (Lipinski definition) is 3. The molecule has 0 N–H and O–H groups in total. The Bertz CT molecular complexity index is 1270. The normalized spacial score (nSPS) is 27.7. The van der Waals surface area contributed by atoms with Gasteiger partial charge in [-0.2, -0.15) is 0 Å². The molecule has 3 aromatic rings. The van der Waals surface area contributed by atoms with E-state index in [4.69, 9.17) is 0 Å². The van der Waals surface area contributed by atoms with Gasteiger partial charge in [0.05, 0.1) is 22.9 Å². The summed E-state index contributed by atoms with van der Waals surface area (Å²) in [4.78, 5) is 41.9. The lowest BCUT2D eigenvalue weighted by molar-refractivity contribution is -0.128. The first kappa shape index (κ1) is 18.7. The van der Waals surface area contributed by atoms with Gasteiger partial charge < -0.3 is 4.79 Å². The molecule has 0 radical (unpaired) electrons. The Balaban J connectivity index is 1.65. The molecule has 1 heterocycles. The number of aryl methyl sites for hydroxylation is 1. The summed E-state index contributed by atoms with van der Waals surface area (Å²) in [6, 6.07) is 21.1. The summed E-state index contributed by atoms with van der Waals surface area (Å²) in [5, 5.41) is 0. The number of carbonyl (C=O) groups excluding carboxylic acids is 3. The fourth-order valence-corrected chi connectivity index (χ4v) is 6.73. The van der Waals surface area contributed by atoms with Crippen LogP contribution in [0.15, 0.2) is 71.2 Å². The number of imide groups is 1. The Morgan fingerprint density at radius 3 is 2.10 bits per heavy atom. The second-order valence-corrected chi connectivity index (χ2v) is 9.46. The number of aldehydes is 1. The van der Waals surface area contributed by atoms with Crippen LogP contribution in [0.3, 0.4) is 0 Å². The van der Waals surface area contributed by atoms with E-state index in [0.29, 0.717) is 10.2 Å². The molecule has 4 aliphatic rings. The van der Waals surface area contributed by atoms with Crippen molar-refractivity contribution < 1.29 is 14.4 Å². The van der Waals surface area contributed by atoms with Crippen LogP contribution < -0.4 is 4.90 Å². The summed E-state index contributed by atoms with van der Waals surface area (Å²) in [5.41, 5.74) is 4.04. The number of rotatable bonds is 2. The van der Waals surface area contributed by atoms with Gasteiger partial charge in [0.1, 0.15) is 6.29 Å². The second-order valence-electron chi connectivity index (χ2n) is 8.61. The number of anilines is 1. The molecule has 2 amide bonds. The Morgan fingerprint density at radius 2 is 1.52 bits per heavy atom. The van der Waals surface area contributed by atoms with Crippen molar-refractivity contribution in [3.05, 3.63) is 99.0 Å². The van der Waals surface area contributed by atoms with E-state index >= 15 is 0 Å². The van der Waals surface area contributed by atoms with E-state index in [-0.39, 0.29) is 17.7 Å². The van der Waals surface area contributed by atoms with Crippen molar-refractivity contribution in [3.8, 4) is 0 Å². The van der Waals surface area contributed by atoms with Crippen LogP contribution >= 0.6 is 15.9 Å². The summed E-state index contributed by atoms with van der Waals surface area (Å²) in [6.45, 7) is 1.96. The van der Waals surface area contributed by atoms with Gasteiger partial charge in [-0.05, 0) is 62.8 Å². The molecule has 31 heavy (non-hydrogen) atoms. The highest BCUT2D eigenvalue weighted by atomic mass is 79.9. The van der Waals surface area contributed by atoms with Crippen molar-refractivity contribution in [1.82, 2.24) is 0 Å². The zero-order valence-corrected chi connectivity index (χ0v) is 18.3. The summed E-state index contributed by atoms with van der Waals surface area (Å²) < 4.78 is 0.690. The fourth-order valence-electron chi connectivity index (χ4n) is 6.06. The molecule has 5 heteroatoms. The third-order valence-electron chi connectivity index (χ3n) is 7.21. The number of hydrogen-bond donors (Lipinski definition) is 0. The molecule has 3 aromatic carbocycles. The van der Waals surface area contributed by atoms with E-state index in [1.54, 1.807) is 6.07 Å². The van der Waals surface area contributed by atoms with Crippen LogP contribution in [0.5, 0.6) is 0 Å². The predicted molar refractivity (Wildman–Crippen MR) is 120 cm³/mol. The van der Waals surface area contributed by atoms with Crippen LogP contribution in [0.25, 0.3) is 0 Å². The lowest BCUT2D eigenvalue weighted by Gasteiger charge is -2.51.